The molecule has 0 radical (unpaired) electrons. The maximum absolute atomic E-state index is 12.4. The van der Waals surface area contributed by atoms with Crippen LogP contribution in [0.5, 0.6) is 0 Å². The number of rotatable bonds is 4. The summed E-state index contributed by atoms with van der Waals surface area (Å²) in [5.41, 5.74) is 7.89. The molecular formula is C14H14Br2N2O2S. The standard InChI is InChI=1S/C14H14Br2N2O2S/c1-9-2-4-12(6-10(9)8-17)21(19,20)18-14-5-3-11(15)7-13(14)16/h2-7,18H,8,17H2,1H3. The summed E-state index contributed by atoms with van der Waals surface area (Å²) in [5, 5.41) is 0. The Morgan fingerprint density at radius 2 is 1.86 bits per heavy atom. The third kappa shape index (κ3) is 3.85. The molecule has 0 saturated carbocycles. The maximum Gasteiger partial charge on any atom is 0.261 e. The lowest BCUT2D eigenvalue weighted by molar-refractivity contribution is 0.601. The van der Waals surface area contributed by atoms with Crippen LogP contribution in [0.15, 0.2) is 50.2 Å². The molecule has 0 heterocycles. The fourth-order valence-corrected chi connectivity index (χ4v) is 4.22. The molecule has 0 aliphatic rings. The van der Waals surface area contributed by atoms with Crippen molar-refractivity contribution in [2.75, 3.05) is 4.72 Å². The average Bonchev–Trinajstić information content (AvgIpc) is 2.42. The molecule has 7 heteroatoms. The Kier molecular flexibility index (Phi) is 5.08. The second kappa shape index (κ2) is 6.48. The first-order chi connectivity index (χ1) is 9.83. The molecule has 0 unspecified atom stereocenters. The van der Waals surface area contributed by atoms with Crippen molar-refractivity contribution in [3.63, 3.8) is 0 Å². The number of sulfonamides is 1. The number of hydrogen-bond donors (Lipinski definition) is 2. The summed E-state index contributed by atoms with van der Waals surface area (Å²) in [6.45, 7) is 2.20. The van der Waals surface area contributed by atoms with Crippen LogP contribution in [0.1, 0.15) is 11.1 Å². The molecule has 0 fully saturated rings. The third-order valence-electron chi connectivity index (χ3n) is 3.03. The van der Waals surface area contributed by atoms with Gasteiger partial charge in [0, 0.05) is 15.5 Å². The number of nitrogens with one attached hydrogen (secondary N) is 1. The molecule has 3 N–H and O–H groups in total. The van der Waals surface area contributed by atoms with Crippen LogP contribution in [0.2, 0.25) is 0 Å². The number of nitrogens with two attached hydrogens (primary N) is 1. The van der Waals surface area contributed by atoms with Crippen molar-refractivity contribution in [2.45, 2.75) is 18.4 Å². The average molecular weight is 434 g/mol. The van der Waals surface area contributed by atoms with Gasteiger partial charge in [-0.25, -0.2) is 8.42 Å². The van der Waals surface area contributed by atoms with E-state index in [0.717, 1.165) is 15.6 Å². The molecule has 112 valence electrons. The van der Waals surface area contributed by atoms with Crippen molar-refractivity contribution >= 4 is 47.6 Å². The normalized spacial score (nSPS) is 11.4. The molecular weight excluding hydrogens is 420 g/mol. The highest BCUT2D eigenvalue weighted by atomic mass is 79.9. The molecule has 0 spiro atoms. The van der Waals surface area contributed by atoms with E-state index in [4.69, 9.17) is 5.73 Å². The van der Waals surface area contributed by atoms with Crippen molar-refractivity contribution < 1.29 is 8.42 Å². The number of benzene rings is 2. The molecule has 2 aromatic rings. The monoisotopic (exact) mass is 432 g/mol. The minimum Gasteiger partial charge on any atom is -0.326 e. The van der Waals surface area contributed by atoms with E-state index >= 15 is 0 Å². The molecule has 0 atom stereocenters. The second-order valence-corrected chi connectivity index (χ2v) is 7.97. The Balaban J connectivity index is 2.38. The van der Waals surface area contributed by atoms with Crippen molar-refractivity contribution in [1.29, 1.82) is 0 Å². The van der Waals surface area contributed by atoms with Crippen LogP contribution >= 0.6 is 31.9 Å². The summed E-state index contributed by atoms with van der Waals surface area (Å²) in [4.78, 5) is 0.198. The molecule has 0 aliphatic carbocycles. The van der Waals surface area contributed by atoms with E-state index in [0.29, 0.717) is 16.7 Å². The Bertz CT molecular complexity index is 777. The first-order valence-corrected chi connectivity index (χ1v) is 9.18. The van der Waals surface area contributed by atoms with E-state index < -0.39 is 10.0 Å². The number of halogens is 2. The van der Waals surface area contributed by atoms with Crippen LogP contribution in [-0.4, -0.2) is 8.42 Å². The second-order valence-electron chi connectivity index (χ2n) is 4.52. The van der Waals surface area contributed by atoms with E-state index in [1.54, 1.807) is 36.4 Å². The van der Waals surface area contributed by atoms with Gasteiger partial charge in [-0.2, -0.15) is 0 Å². The van der Waals surface area contributed by atoms with E-state index in [2.05, 4.69) is 36.6 Å². The maximum atomic E-state index is 12.4. The fraction of sp³-hybridized carbons (Fsp3) is 0.143. The summed E-state index contributed by atoms with van der Waals surface area (Å²) in [6, 6.07) is 10.2. The van der Waals surface area contributed by atoms with E-state index in [1.165, 1.54) is 0 Å². The SMILES string of the molecule is Cc1ccc(S(=O)(=O)Nc2ccc(Br)cc2Br)cc1CN. The lowest BCUT2D eigenvalue weighted by atomic mass is 10.1. The summed E-state index contributed by atoms with van der Waals surface area (Å²) in [7, 11) is -3.65. The topological polar surface area (TPSA) is 72.2 Å². The van der Waals surface area contributed by atoms with Gasteiger partial charge in [0.05, 0.1) is 10.6 Å². The largest absolute Gasteiger partial charge is 0.326 e. The Hall–Kier alpha value is -0.890. The van der Waals surface area contributed by atoms with Crippen LogP contribution < -0.4 is 10.5 Å². The van der Waals surface area contributed by atoms with Crippen molar-refractivity contribution in [2.24, 2.45) is 5.73 Å². The van der Waals surface area contributed by atoms with Gasteiger partial charge in [0.1, 0.15) is 0 Å². The highest BCUT2D eigenvalue weighted by Crippen LogP contribution is 2.28. The van der Waals surface area contributed by atoms with Crippen LogP contribution in [0.3, 0.4) is 0 Å². The van der Waals surface area contributed by atoms with Crippen LogP contribution in [0.25, 0.3) is 0 Å². The van der Waals surface area contributed by atoms with Crippen molar-refractivity contribution in [3.05, 3.63) is 56.5 Å². The number of aryl methyl sites for hydroxylation is 1. The van der Waals surface area contributed by atoms with Gasteiger partial charge in [0.2, 0.25) is 0 Å². The highest BCUT2D eigenvalue weighted by Gasteiger charge is 2.16. The Morgan fingerprint density at radius 3 is 2.48 bits per heavy atom. The zero-order valence-electron chi connectivity index (χ0n) is 11.2. The molecule has 2 rings (SSSR count). The molecule has 0 amide bonds. The first kappa shape index (κ1) is 16.5. The van der Waals surface area contributed by atoms with Gasteiger partial charge in [0.25, 0.3) is 10.0 Å². The summed E-state index contributed by atoms with van der Waals surface area (Å²) in [6.07, 6.45) is 0. The van der Waals surface area contributed by atoms with Gasteiger partial charge in [-0.05, 0) is 64.3 Å². The van der Waals surface area contributed by atoms with Crippen molar-refractivity contribution in [3.8, 4) is 0 Å². The zero-order chi connectivity index (χ0) is 15.6. The van der Waals surface area contributed by atoms with Crippen molar-refractivity contribution in [1.82, 2.24) is 0 Å². The molecule has 2 aromatic carbocycles. The van der Waals surface area contributed by atoms with Crippen LogP contribution in [-0.2, 0) is 16.6 Å². The van der Waals surface area contributed by atoms with Crippen LogP contribution in [0.4, 0.5) is 5.69 Å². The van der Waals surface area contributed by atoms with Gasteiger partial charge < -0.3 is 5.73 Å². The van der Waals surface area contributed by atoms with Gasteiger partial charge in [-0.1, -0.05) is 22.0 Å². The molecule has 21 heavy (non-hydrogen) atoms. The van der Waals surface area contributed by atoms with Gasteiger partial charge in [-0.3, -0.25) is 4.72 Å². The minimum absolute atomic E-state index is 0.198. The smallest absolute Gasteiger partial charge is 0.261 e. The van der Waals surface area contributed by atoms with E-state index in [1.807, 2.05) is 6.92 Å². The van der Waals surface area contributed by atoms with Crippen LogP contribution in [0, 0.1) is 6.92 Å². The quantitative estimate of drug-likeness (QED) is 0.770. The Morgan fingerprint density at radius 1 is 1.14 bits per heavy atom. The number of hydrogen-bond acceptors (Lipinski definition) is 3. The third-order valence-corrected chi connectivity index (χ3v) is 5.54. The zero-order valence-corrected chi connectivity index (χ0v) is 15.2. The molecule has 0 aromatic heterocycles. The molecule has 4 nitrogen and oxygen atoms in total. The molecule has 0 aliphatic heterocycles. The predicted molar refractivity (Wildman–Crippen MR) is 91.7 cm³/mol. The van der Waals surface area contributed by atoms with Gasteiger partial charge in [0.15, 0.2) is 0 Å². The Labute approximate surface area is 141 Å². The molecule has 0 saturated heterocycles. The van der Waals surface area contributed by atoms with Gasteiger partial charge in [-0.15, -0.1) is 0 Å². The summed E-state index contributed by atoms with van der Waals surface area (Å²) >= 11 is 6.66. The molecule has 0 bridgehead atoms. The summed E-state index contributed by atoms with van der Waals surface area (Å²) < 4.78 is 29.0. The highest BCUT2D eigenvalue weighted by molar-refractivity contribution is 9.11. The fourth-order valence-electron chi connectivity index (χ4n) is 1.81. The summed E-state index contributed by atoms with van der Waals surface area (Å²) in [5.74, 6) is 0. The lowest BCUT2D eigenvalue weighted by Gasteiger charge is -2.12. The predicted octanol–water partition coefficient (Wildman–Crippen LogP) is 3.78. The van der Waals surface area contributed by atoms with Gasteiger partial charge >= 0.3 is 0 Å². The minimum atomic E-state index is -3.65. The van der Waals surface area contributed by atoms with E-state index in [9.17, 15) is 8.42 Å². The van der Waals surface area contributed by atoms with E-state index in [-0.39, 0.29) is 4.90 Å². The first-order valence-electron chi connectivity index (χ1n) is 6.11. The number of anilines is 1. The lowest BCUT2D eigenvalue weighted by Crippen LogP contribution is -2.14.